The fourth-order valence-electron chi connectivity index (χ4n) is 5.24. The van der Waals surface area contributed by atoms with Gasteiger partial charge in [0.15, 0.2) is 11.5 Å². The lowest BCUT2D eigenvalue weighted by Crippen LogP contribution is -2.49. The molecule has 0 spiro atoms. The molecule has 4 aromatic rings. The summed E-state index contributed by atoms with van der Waals surface area (Å²) >= 11 is 3.37. The summed E-state index contributed by atoms with van der Waals surface area (Å²) in [7, 11) is -3.54. The van der Waals surface area contributed by atoms with Crippen molar-refractivity contribution >= 4 is 42.7 Å². The minimum Gasteiger partial charge on any atom is -0.490 e. The smallest absolute Gasteiger partial charge is 0.243 e. The lowest BCUT2D eigenvalue weighted by atomic mass is 10.1. The Labute approximate surface area is 262 Å². The van der Waals surface area contributed by atoms with E-state index in [4.69, 9.17) is 19.4 Å². The number of anilines is 1. The first-order valence-electron chi connectivity index (χ1n) is 14.7. The molecule has 1 aliphatic rings. The first kappa shape index (κ1) is 31.2. The highest BCUT2D eigenvalue weighted by Crippen LogP contribution is 2.30. The molecule has 1 aliphatic heterocycles. The van der Waals surface area contributed by atoms with Crippen molar-refractivity contribution in [2.75, 3.05) is 51.3 Å². The highest BCUT2D eigenvalue weighted by Gasteiger charge is 2.31. The SMILES string of the molecule is CCOc1ccc(CCNc2nc(C(C)N3CCN(S(=O)(=O)c4ccc(Br)cc4)CC3)nc3ccccc23)cc1OCC. The molecule has 0 radical (unpaired) electrons. The van der Waals surface area contributed by atoms with Gasteiger partial charge in [0.2, 0.25) is 10.0 Å². The van der Waals surface area contributed by atoms with E-state index in [-0.39, 0.29) is 6.04 Å². The van der Waals surface area contributed by atoms with Crippen LogP contribution < -0.4 is 14.8 Å². The van der Waals surface area contributed by atoms with Gasteiger partial charge in [-0.3, -0.25) is 4.90 Å². The summed E-state index contributed by atoms with van der Waals surface area (Å²) in [6, 6.07) is 20.8. The summed E-state index contributed by atoms with van der Waals surface area (Å²) in [6.45, 7) is 9.86. The molecule has 1 unspecified atom stereocenters. The molecule has 1 saturated heterocycles. The highest BCUT2D eigenvalue weighted by atomic mass is 79.9. The van der Waals surface area contributed by atoms with Gasteiger partial charge in [0.1, 0.15) is 11.6 Å². The van der Waals surface area contributed by atoms with Crippen molar-refractivity contribution in [2.45, 2.75) is 38.1 Å². The van der Waals surface area contributed by atoms with Crippen LogP contribution in [0.3, 0.4) is 0 Å². The number of para-hydroxylation sites is 1. The van der Waals surface area contributed by atoms with E-state index in [9.17, 15) is 8.42 Å². The maximum absolute atomic E-state index is 13.2. The number of fused-ring (bicyclic) bond motifs is 1. The fourth-order valence-corrected chi connectivity index (χ4v) is 6.93. The summed E-state index contributed by atoms with van der Waals surface area (Å²) < 4.78 is 40.3. The quantitative estimate of drug-likeness (QED) is 0.199. The number of ether oxygens (including phenoxy) is 2. The summed E-state index contributed by atoms with van der Waals surface area (Å²) in [5.41, 5.74) is 2.01. The van der Waals surface area contributed by atoms with Crippen LogP contribution in [0, 0.1) is 0 Å². The van der Waals surface area contributed by atoms with Crippen LogP contribution in [0.15, 0.2) is 76.1 Å². The zero-order valence-corrected chi connectivity index (χ0v) is 27.2. The van der Waals surface area contributed by atoms with E-state index in [2.05, 4.69) is 39.1 Å². The normalized spacial score (nSPS) is 15.3. The maximum atomic E-state index is 13.2. The van der Waals surface area contributed by atoms with Gasteiger partial charge in [0.25, 0.3) is 0 Å². The molecule has 0 saturated carbocycles. The van der Waals surface area contributed by atoms with Gasteiger partial charge >= 0.3 is 0 Å². The van der Waals surface area contributed by atoms with E-state index < -0.39 is 10.0 Å². The average molecular weight is 669 g/mol. The van der Waals surface area contributed by atoms with Crippen LogP contribution in [0.4, 0.5) is 5.82 Å². The Morgan fingerprint density at radius 1 is 0.907 bits per heavy atom. The molecular formula is C32H38BrN5O4S. The number of aromatic nitrogens is 2. The standard InChI is InChI=1S/C32H38BrN5O4S/c1-4-41-29-15-10-24(22-30(29)42-5-2)16-17-34-32-27-8-6-7-9-28(27)35-31(36-32)23(3)37-18-20-38(21-19-37)43(39,40)26-13-11-25(33)12-14-26/h6-15,22-23H,4-5,16-21H2,1-3H3,(H,34,35,36). The molecule has 1 N–H and O–H groups in total. The number of nitrogens with one attached hydrogen (secondary N) is 1. The monoisotopic (exact) mass is 667 g/mol. The summed E-state index contributed by atoms with van der Waals surface area (Å²) in [5.74, 6) is 3.02. The van der Waals surface area contributed by atoms with Crippen LogP contribution in [0.1, 0.15) is 38.2 Å². The van der Waals surface area contributed by atoms with Crippen LogP contribution in [-0.4, -0.2) is 73.5 Å². The number of hydrogen-bond donors (Lipinski definition) is 1. The van der Waals surface area contributed by atoms with Crippen molar-refractivity contribution in [1.82, 2.24) is 19.2 Å². The van der Waals surface area contributed by atoms with E-state index in [1.807, 2.05) is 50.2 Å². The minimum absolute atomic E-state index is 0.0810. The fraction of sp³-hybridized carbons (Fsp3) is 0.375. The van der Waals surface area contributed by atoms with Gasteiger partial charge in [0.05, 0.1) is 29.7 Å². The Morgan fingerprint density at radius 2 is 1.60 bits per heavy atom. The van der Waals surface area contributed by atoms with Crippen LogP contribution in [-0.2, 0) is 16.4 Å². The molecule has 11 heteroatoms. The molecule has 3 aromatic carbocycles. The van der Waals surface area contributed by atoms with Crippen LogP contribution in [0.2, 0.25) is 0 Å². The molecule has 1 aromatic heterocycles. The second-order valence-electron chi connectivity index (χ2n) is 10.3. The maximum Gasteiger partial charge on any atom is 0.243 e. The molecule has 2 heterocycles. The van der Waals surface area contributed by atoms with E-state index in [1.165, 1.54) is 0 Å². The van der Waals surface area contributed by atoms with Crippen molar-refractivity contribution < 1.29 is 17.9 Å². The van der Waals surface area contributed by atoms with Gasteiger partial charge in [-0.2, -0.15) is 4.31 Å². The van der Waals surface area contributed by atoms with Crippen molar-refractivity contribution in [1.29, 1.82) is 0 Å². The van der Waals surface area contributed by atoms with E-state index in [0.717, 1.165) is 44.7 Å². The van der Waals surface area contributed by atoms with Crippen LogP contribution >= 0.6 is 15.9 Å². The molecule has 0 amide bonds. The van der Waals surface area contributed by atoms with E-state index in [1.54, 1.807) is 28.6 Å². The second kappa shape index (κ2) is 14.0. The topological polar surface area (TPSA) is 96.9 Å². The number of halogens is 1. The van der Waals surface area contributed by atoms with Crippen molar-refractivity contribution in [2.24, 2.45) is 0 Å². The summed E-state index contributed by atoms with van der Waals surface area (Å²) in [4.78, 5) is 12.4. The molecule has 9 nitrogen and oxygen atoms in total. The largest absolute Gasteiger partial charge is 0.490 e. The Bertz CT molecular complexity index is 1640. The predicted molar refractivity (Wildman–Crippen MR) is 173 cm³/mol. The number of hydrogen-bond acceptors (Lipinski definition) is 8. The van der Waals surface area contributed by atoms with Crippen LogP contribution in [0.25, 0.3) is 10.9 Å². The average Bonchev–Trinajstić information content (AvgIpc) is 3.02. The van der Waals surface area contributed by atoms with Gasteiger partial charge in [-0.1, -0.05) is 34.1 Å². The Kier molecular flexibility index (Phi) is 10.2. The molecule has 0 aliphatic carbocycles. The first-order chi connectivity index (χ1) is 20.8. The lowest BCUT2D eigenvalue weighted by molar-refractivity contribution is 0.141. The first-order valence-corrected chi connectivity index (χ1v) is 16.9. The Hall–Kier alpha value is -3.25. The summed E-state index contributed by atoms with van der Waals surface area (Å²) in [5, 5.41) is 4.51. The molecule has 228 valence electrons. The van der Waals surface area contributed by atoms with Gasteiger partial charge < -0.3 is 14.8 Å². The number of rotatable bonds is 12. The van der Waals surface area contributed by atoms with E-state index in [0.29, 0.717) is 56.7 Å². The van der Waals surface area contributed by atoms with Gasteiger partial charge in [0, 0.05) is 42.6 Å². The molecule has 43 heavy (non-hydrogen) atoms. The third-order valence-corrected chi connectivity index (χ3v) is 10.0. The van der Waals surface area contributed by atoms with Crippen LogP contribution in [0.5, 0.6) is 11.5 Å². The molecule has 0 bridgehead atoms. The minimum atomic E-state index is -3.54. The number of sulfonamides is 1. The molecular weight excluding hydrogens is 630 g/mol. The van der Waals surface area contributed by atoms with Gasteiger partial charge in [-0.05, 0) is 81.3 Å². The summed E-state index contributed by atoms with van der Waals surface area (Å²) in [6.07, 6.45) is 0.782. The van der Waals surface area contributed by atoms with Crippen molar-refractivity contribution in [3.05, 3.63) is 82.6 Å². The zero-order chi connectivity index (χ0) is 30.4. The number of piperazine rings is 1. The predicted octanol–water partition coefficient (Wildman–Crippen LogP) is 5.91. The number of benzene rings is 3. The van der Waals surface area contributed by atoms with Gasteiger partial charge in [-0.25, -0.2) is 18.4 Å². The zero-order valence-electron chi connectivity index (χ0n) is 24.8. The van der Waals surface area contributed by atoms with Gasteiger partial charge in [-0.15, -0.1) is 0 Å². The second-order valence-corrected chi connectivity index (χ2v) is 13.2. The number of nitrogens with zero attached hydrogens (tertiary/aromatic N) is 4. The molecule has 1 atom stereocenters. The highest BCUT2D eigenvalue weighted by molar-refractivity contribution is 9.10. The lowest BCUT2D eigenvalue weighted by Gasteiger charge is -2.36. The third kappa shape index (κ3) is 7.29. The Balaban J connectivity index is 1.27. The molecule has 5 rings (SSSR count). The Morgan fingerprint density at radius 3 is 2.33 bits per heavy atom. The van der Waals surface area contributed by atoms with E-state index >= 15 is 0 Å². The van der Waals surface area contributed by atoms with Crippen molar-refractivity contribution in [3.63, 3.8) is 0 Å². The third-order valence-electron chi connectivity index (χ3n) is 7.58. The molecule has 1 fully saturated rings. The van der Waals surface area contributed by atoms with Crippen molar-refractivity contribution in [3.8, 4) is 11.5 Å².